The van der Waals surface area contributed by atoms with E-state index in [1.54, 1.807) is 41.7 Å². The first-order chi connectivity index (χ1) is 14.0. The standard InChI is InChI=1S/C22H19ClN2O3S/c1-28-14-22(27)25-18-4-2-3-17(13-18)24-21(26)12-10-19-9-11-20(29-19)15-5-7-16(23)8-6-15/h2-13H,14H2,1H3,(H,24,26)(H,25,27)/b12-10+. The molecule has 0 radical (unpaired) electrons. The molecule has 0 aliphatic rings. The zero-order valence-corrected chi connectivity index (χ0v) is 17.2. The molecule has 3 aromatic rings. The molecule has 0 aliphatic carbocycles. The topological polar surface area (TPSA) is 67.4 Å². The van der Waals surface area contributed by atoms with Crippen molar-refractivity contribution < 1.29 is 14.3 Å². The van der Waals surface area contributed by atoms with Crippen molar-refractivity contribution in [1.82, 2.24) is 0 Å². The minimum absolute atomic E-state index is 0.0296. The van der Waals surface area contributed by atoms with Crippen LogP contribution in [0.15, 0.2) is 66.7 Å². The summed E-state index contributed by atoms with van der Waals surface area (Å²) < 4.78 is 4.78. The molecule has 0 saturated heterocycles. The number of thiophene rings is 1. The van der Waals surface area contributed by atoms with Crippen LogP contribution >= 0.6 is 22.9 Å². The number of benzene rings is 2. The number of nitrogens with one attached hydrogen (secondary N) is 2. The van der Waals surface area contributed by atoms with E-state index in [4.69, 9.17) is 16.3 Å². The van der Waals surface area contributed by atoms with Crippen LogP contribution in [0, 0.1) is 0 Å². The Labute approximate surface area is 178 Å². The van der Waals surface area contributed by atoms with Crippen molar-refractivity contribution in [1.29, 1.82) is 0 Å². The van der Waals surface area contributed by atoms with Gasteiger partial charge in [0, 0.05) is 39.3 Å². The van der Waals surface area contributed by atoms with E-state index >= 15 is 0 Å². The van der Waals surface area contributed by atoms with Gasteiger partial charge >= 0.3 is 0 Å². The van der Waals surface area contributed by atoms with Crippen LogP contribution in [0.2, 0.25) is 5.02 Å². The van der Waals surface area contributed by atoms with E-state index in [0.29, 0.717) is 16.4 Å². The fourth-order valence-corrected chi connectivity index (χ4v) is 3.60. The lowest BCUT2D eigenvalue weighted by Crippen LogP contribution is -2.17. The maximum atomic E-state index is 12.2. The number of amides is 2. The van der Waals surface area contributed by atoms with Gasteiger partial charge in [-0.2, -0.15) is 0 Å². The monoisotopic (exact) mass is 426 g/mol. The van der Waals surface area contributed by atoms with Crippen LogP contribution in [0.4, 0.5) is 11.4 Å². The van der Waals surface area contributed by atoms with E-state index in [-0.39, 0.29) is 18.4 Å². The third-order valence-electron chi connectivity index (χ3n) is 3.84. The molecule has 2 N–H and O–H groups in total. The second-order valence-corrected chi connectivity index (χ2v) is 7.65. The van der Waals surface area contributed by atoms with Gasteiger partial charge in [0.1, 0.15) is 6.61 Å². The van der Waals surface area contributed by atoms with Gasteiger partial charge < -0.3 is 15.4 Å². The summed E-state index contributed by atoms with van der Waals surface area (Å²) in [6, 6.07) is 18.5. The number of anilines is 2. The van der Waals surface area contributed by atoms with Crippen molar-refractivity contribution >= 4 is 52.2 Å². The van der Waals surface area contributed by atoms with Crippen molar-refractivity contribution in [3.05, 3.63) is 76.6 Å². The summed E-state index contributed by atoms with van der Waals surface area (Å²) in [4.78, 5) is 25.9. The molecule has 1 heterocycles. The smallest absolute Gasteiger partial charge is 0.250 e. The molecule has 2 aromatic carbocycles. The minimum atomic E-state index is -0.259. The number of methoxy groups -OCH3 is 1. The van der Waals surface area contributed by atoms with Gasteiger partial charge in [-0.15, -0.1) is 11.3 Å². The highest BCUT2D eigenvalue weighted by Crippen LogP contribution is 2.29. The Morgan fingerprint density at radius 1 is 1.03 bits per heavy atom. The Bertz CT molecular complexity index is 1030. The predicted molar refractivity (Wildman–Crippen MR) is 119 cm³/mol. The number of hydrogen-bond acceptors (Lipinski definition) is 4. The molecule has 148 valence electrons. The van der Waals surface area contributed by atoms with Gasteiger partial charge in [-0.05, 0) is 54.1 Å². The highest BCUT2D eigenvalue weighted by Gasteiger charge is 2.05. The zero-order valence-electron chi connectivity index (χ0n) is 15.6. The molecular formula is C22H19ClN2O3S. The summed E-state index contributed by atoms with van der Waals surface area (Å²) in [5.74, 6) is -0.517. The molecule has 0 unspecified atom stereocenters. The number of halogens is 1. The quantitative estimate of drug-likeness (QED) is 0.503. The van der Waals surface area contributed by atoms with Crippen LogP contribution in [0.1, 0.15) is 4.88 Å². The Hall–Kier alpha value is -2.93. The van der Waals surface area contributed by atoms with Gasteiger partial charge in [0.05, 0.1) is 0 Å². The molecule has 29 heavy (non-hydrogen) atoms. The zero-order chi connectivity index (χ0) is 20.6. The van der Waals surface area contributed by atoms with E-state index in [9.17, 15) is 9.59 Å². The third kappa shape index (κ3) is 6.29. The molecule has 0 bridgehead atoms. The van der Waals surface area contributed by atoms with Gasteiger partial charge in [-0.3, -0.25) is 9.59 Å². The summed E-state index contributed by atoms with van der Waals surface area (Å²) in [7, 11) is 1.45. The lowest BCUT2D eigenvalue weighted by atomic mass is 10.2. The van der Waals surface area contributed by atoms with Crippen molar-refractivity contribution in [3.8, 4) is 10.4 Å². The van der Waals surface area contributed by atoms with Gasteiger partial charge in [-0.1, -0.05) is 29.8 Å². The van der Waals surface area contributed by atoms with Crippen molar-refractivity contribution in [3.63, 3.8) is 0 Å². The highest BCUT2D eigenvalue weighted by atomic mass is 35.5. The van der Waals surface area contributed by atoms with E-state index in [1.807, 2.05) is 36.4 Å². The van der Waals surface area contributed by atoms with E-state index < -0.39 is 0 Å². The highest BCUT2D eigenvalue weighted by molar-refractivity contribution is 7.16. The largest absolute Gasteiger partial charge is 0.375 e. The minimum Gasteiger partial charge on any atom is -0.375 e. The van der Waals surface area contributed by atoms with Gasteiger partial charge in [0.15, 0.2) is 0 Å². The van der Waals surface area contributed by atoms with Crippen molar-refractivity contribution in [2.24, 2.45) is 0 Å². The molecule has 0 fully saturated rings. The Kier molecular flexibility index (Phi) is 7.19. The maximum absolute atomic E-state index is 12.2. The molecule has 5 nitrogen and oxygen atoms in total. The predicted octanol–water partition coefficient (Wildman–Crippen LogP) is 5.31. The lowest BCUT2D eigenvalue weighted by molar-refractivity contribution is -0.119. The van der Waals surface area contributed by atoms with E-state index in [2.05, 4.69) is 10.6 Å². The number of carbonyl (C=O) groups is 2. The first-order valence-electron chi connectivity index (χ1n) is 8.77. The Balaban J connectivity index is 1.60. The van der Waals surface area contributed by atoms with Crippen LogP contribution in [-0.4, -0.2) is 25.5 Å². The number of hydrogen-bond donors (Lipinski definition) is 2. The second kappa shape index (κ2) is 10.0. The molecule has 7 heteroatoms. The van der Waals surface area contributed by atoms with E-state index in [1.165, 1.54) is 13.2 Å². The fraction of sp³-hybridized carbons (Fsp3) is 0.0909. The number of ether oxygens (including phenoxy) is 1. The summed E-state index contributed by atoms with van der Waals surface area (Å²) in [6.07, 6.45) is 3.25. The summed E-state index contributed by atoms with van der Waals surface area (Å²) in [6.45, 7) is -0.0296. The second-order valence-electron chi connectivity index (χ2n) is 6.09. The molecule has 0 spiro atoms. The first-order valence-corrected chi connectivity index (χ1v) is 9.96. The van der Waals surface area contributed by atoms with Crippen LogP contribution in [0.3, 0.4) is 0 Å². The average Bonchev–Trinajstić information content (AvgIpc) is 3.16. The SMILES string of the molecule is COCC(=O)Nc1cccc(NC(=O)/C=C/c2ccc(-c3ccc(Cl)cc3)s2)c1. The molecule has 2 amide bonds. The maximum Gasteiger partial charge on any atom is 0.250 e. The average molecular weight is 427 g/mol. The Morgan fingerprint density at radius 2 is 1.76 bits per heavy atom. The molecule has 3 rings (SSSR count). The summed E-state index contributed by atoms with van der Waals surface area (Å²) in [5.41, 5.74) is 2.25. The van der Waals surface area contributed by atoms with Crippen molar-refractivity contribution in [2.45, 2.75) is 0 Å². The van der Waals surface area contributed by atoms with Crippen LogP contribution in [-0.2, 0) is 14.3 Å². The van der Waals surface area contributed by atoms with Crippen molar-refractivity contribution in [2.75, 3.05) is 24.4 Å². The van der Waals surface area contributed by atoms with Gasteiger partial charge in [-0.25, -0.2) is 0 Å². The van der Waals surface area contributed by atoms with Gasteiger partial charge in [0.25, 0.3) is 0 Å². The fourth-order valence-electron chi connectivity index (χ4n) is 2.56. The summed E-state index contributed by atoms with van der Waals surface area (Å²) in [5, 5.41) is 6.18. The van der Waals surface area contributed by atoms with E-state index in [0.717, 1.165) is 15.3 Å². The molecule has 1 aromatic heterocycles. The van der Waals surface area contributed by atoms with Crippen LogP contribution in [0.25, 0.3) is 16.5 Å². The Morgan fingerprint density at radius 3 is 2.48 bits per heavy atom. The normalized spacial score (nSPS) is 10.8. The molecule has 0 aliphatic heterocycles. The van der Waals surface area contributed by atoms with Gasteiger partial charge in [0.2, 0.25) is 11.8 Å². The molecule has 0 atom stereocenters. The third-order valence-corrected chi connectivity index (χ3v) is 5.20. The molecule has 0 saturated carbocycles. The molecular weight excluding hydrogens is 408 g/mol. The van der Waals surface area contributed by atoms with Crippen LogP contribution in [0.5, 0.6) is 0 Å². The number of rotatable bonds is 7. The summed E-state index contributed by atoms with van der Waals surface area (Å²) >= 11 is 7.51. The van der Waals surface area contributed by atoms with Crippen LogP contribution < -0.4 is 10.6 Å². The first kappa shape index (κ1) is 20.8. The lowest BCUT2D eigenvalue weighted by Gasteiger charge is -2.07. The number of carbonyl (C=O) groups excluding carboxylic acids is 2.